The molecule has 1 aromatic heterocycles. The number of hydrogen-bond donors (Lipinski definition) is 1. The van der Waals surface area contributed by atoms with E-state index in [1.807, 2.05) is 0 Å². The van der Waals surface area contributed by atoms with Gasteiger partial charge in [0.15, 0.2) is 5.82 Å². The Morgan fingerprint density at radius 1 is 1.69 bits per heavy atom. The van der Waals surface area contributed by atoms with Gasteiger partial charge in [0.25, 0.3) is 0 Å². The summed E-state index contributed by atoms with van der Waals surface area (Å²) in [4.78, 5) is 16.6. The Kier molecular flexibility index (Phi) is 3.51. The molecular formula is C10H15N3O3. The number of carboxylic acid groups (broad SMARTS) is 1. The molecule has 1 N–H and O–H groups in total. The molecule has 0 saturated carbocycles. The molecule has 1 unspecified atom stereocenters. The molecule has 1 saturated heterocycles. The molecule has 0 bridgehead atoms. The minimum atomic E-state index is -0.711. The second kappa shape index (κ2) is 5.07. The van der Waals surface area contributed by atoms with Crippen LogP contribution in [0.4, 0.5) is 0 Å². The van der Waals surface area contributed by atoms with E-state index in [0.29, 0.717) is 18.3 Å². The van der Waals surface area contributed by atoms with Gasteiger partial charge in [-0.1, -0.05) is 5.16 Å². The van der Waals surface area contributed by atoms with Crippen LogP contribution in [-0.2, 0) is 11.3 Å². The lowest BCUT2D eigenvalue weighted by atomic mass is 10.0. The third-order valence-corrected chi connectivity index (χ3v) is 2.91. The van der Waals surface area contributed by atoms with Crippen LogP contribution >= 0.6 is 0 Å². The minimum absolute atomic E-state index is 0.265. The van der Waals surface area contributed by atoms with Crippen molar-refractivity contribution in [3.8, 4) is 0 Å². The van der Waals surface area contributed by atoms with Crippen LogP contribution in [0.1, 0.15) is 25.1 Å². The highest BCUT2D eigenvalue weighted by Crippen LogP contribution is 2.21. The molecule has 1 fully saturated rings. The summed E-state index contributed by atoms with van der Waals surface area (Å²) >= 11 is 0. The molecular weight excluding hydrogens is 210 g/mol. The quantitative estimate of drug-likeness (QED) is 0.796. The molecule has 0 aromatic carbocycles. The molecule has 1 aliphatic heterocycles. The summed E-state index contributed by atoms with van der Waals surface area (Å²) < 4.78 is 4.67. The summed E-state index contributed by atoms with van der Waals surface area (Å²) in [5, 5.41) is 12.4. The molecule has 88 valence electrons. The molecule has 1 atom stereocenters. The highest BCUT2D eigenvalue weighted by atomic mass is 16.5. The van der Waals surface area contributed by atoms with Gasteiger partial charge in [-0.25, -0.2) is 0 Å². The molecule has 2 rings (SSSR count). The van der Waals surface area contributed by atoms with E-state index in [1.54, 1.807) is 0 Å². The van der Waals surface area contributed by atoms with Crippen LogP contribution in [0.15, 0.2) is 10.9 Å². The summed E-state index contributed by atoms with van der Waals surface area (Å²) in [6.07, 6.45) is 3.41. The summed E-state index contributed by atoms with van der Waals surface area (Å²) in [5.74, 6) is 0.471. The van der Waals surface area contributed by atoms with E-state index < -0.39 is 5.97 Å². The Bertz CT molecular complexity index is 339. The number of carbonyl (C=O) groups is 1. The molecule has 1 aromatic rings. The summed E-state index contributed by atoms with van der Waals surface area (Å²) in [6.45, 7) is 2.61. The van der Waals surface area contributed by atoms with E-state index in [0.717, 1.165) is 25.9 Å². The monoisotopic (exact) mass is 225 g/mol. The minimum Gasteiger partial charge on any atom is -0.481 e. The predicted octanol–water partition coefficient (Wildman–Crippen LogP) is 0.756. The number of hydrogen-bond acceptors (Lipinski definition) is 5. The van der Waals surface area contributed by atoms with E-state index in [9.17, 15) is 4.79 Å². The highest BCUT2D eigenvalue weighted by Gasteiger charge is 2.23. The van der Waals surface area contributed by atoms with Gasteiger partial charge in [0.2, 0.25) is 6.39 Å². The molecule has 2 heterocycles. The number of carboxylic acids is 1. The molecule has 1 aliphatic rings. The SMILES string of the molecule is O=C(O)CCC1CCN(Cc2ncon2)C1. The van der Waals surface area contributed by atoms with Crippen molar-refractivity contribution in [2.45, 2.75) is 25.8 Å². The van der Waals surface area contributed by atoms with Crippen molar-refractivity contribution >= 4 is 5.97 Å². The van der Waals surface area contributed by atoms with Crippen molar-refractivity contribution in [2.24, 2.45) is 5.92 Å². The lowest BCUT2D eigenvalue weighted by Gasteiger charge is -2.12. The topological polar surface area (TPSA) is 79.5 Å². The van der Waals surface area contributed by atoms with Crippen LogP contribution in [-0.4, -0.2) is 39.2 Å². The van der Waals surface area contributed by atoms with Gasteiger partial charge in [-0.05, 0) is 25.3 Å². The van der Waals surface area contributed by atoms with Gasteiger partial charge in [-0.2, -0.15) is 4.98 Å². The fourth-order valence-corrected chi connectivity index (χ4v) is 2.08. The summed E-state index contributed by atoms with van der Waals surface area (Å²) in [6, 6.07) is 0. The molecule has 16 heavy (non-hydrogen) atoms. The zero-order chi connectivity index (χ0) is 11.4. The van der Waals surface area contributed by atoms with Crippen LogP contribution in [0.2, 0.25) is 0 Å². The first-order chi connectivity index (χ1) is 7.74. The van der Waals surface area contributed by atoms with Gasteiger partial charge in [0.05, 0.1) is 6.54 Å². The first kappa shape index (κ1) is 11.1. The van der Waals surface area contributed by atoms with Crippen LogP contribution in [0, 0.1) is 5.92 Å². The van der Waals surface area contributed by atoms with Gasteiger partial charge in [0.1, 0.15) is 0 Å². The summed E-state index contributed by atoms with van der Waals surface area (Å²) in [5.41, 5.74) is 0. The maximum atomic E-state index is 10.4. The van der Waals surface area contributed by atoms with Gasteiger partial charge < -0.3 is 9.63 Å². The standard InChI is InChI=1S/C10H15N3O3/c14-10(15)2-1-8-3-4-13(5-8)6-9-11-7-16-12-9/h7-8H,1-6H2,(H,14,15). The highest BCUT2D eigenvalue weighted by molar-refractivity contribution is 5.66. The Morgan fingerprint density at radius 3 is 3.25 bits per heavy atom. The zero-order valence-corrected chi connectivity index (χ0v) is 9.00. The van der Waals surface area contributed by atoms with E-state index in [4.69, 9.17) is 5.11 Å². The van der Waals surface area contributed by atoms with E-state index in [-0.39, 0.29) is 6.42 Å². The molecule has 0 aliphatic carbocycles. The normalized spacial score (nSPS) is 21.4. The summed E-state index contributed by atoms with van der Waals surface area (Å²) in [7, 11) is 0. The fraction of sp³-hybridized carbons (Fsp3) is 0.700. The van der Waals surface area contributed by atoms with Gasteiger partial charge in [-0.15, -0.1) is 0 Å². The zero-order valence-electron chi connectivity index (χ0n) is 9.00. The van der Waals surface area contributed by atoms with Crippen molar-refractivity contribution in [1.82, 2.24) is 15.0 Å². The Morgan fingerprint density at radius 2 is 2.56 bits per heavy atom. The number of aliphatic carboxylic acids is 1. The number of rotatable bonds is 5. The molecule has 6 nitrogen and oxygen atoms in total. The second-order valence-electron chi connectivity index (χ2n) is 4.17. The number of likely N-dealkylation sites (tertiary alicyclic amines) is 1. The van der Waals surface area contributed by atoms with Crippen molar-refractivity contribution in [2.75, 3.05) is 13.1 Å². The van der Waals surface area contributed by atoms with Crippen molar-refractivity contribution < 1.29 is 14.4 Å². The van der Waals surface area contributed by atoms with Crippen molar-refractivity contribution in [3.05, 3.63) is 12.2 Å². The lowest BCUT2D eigenvalue weighted by molar-refractivity contribution is -0.137. The Labute approximate surface area is 93.2 Å². The maximum Gasteiger partial charge on any atom is 0.303 e. The van der Waals surface area contributed by atoms with Crippen LogP contribution < -0.4 is 0 Å². The lowest BCUT2D eigenvalue weighted by Crippen LogP contribution is -2.21. The van der Waals surface area contributed by atoms with Crippen LogP contribution in [0.3, 0.4) is 0 Å². The predicted molar refractivity (Wildman–Crippen MR) is 54.6 cm³/mol. The first-order valence-corrected chi connectivity index (χ1v) is 5.43. The molecule has 6 heteroatoms. The Balaban J connectivity index is 1.73. The fourth-order valence-electron chi connectivity index (χ4n) is 2.08. The third kappa shape index (κ3) is 3.03. The van der Waals surface area contributed by atoms with E-state index in [1.165, 1.54) is 6.39 Å². The van der Waals surface area contributed by atoms with Gasteiger partial charge in [-0.3, -0.25) is 9.69 Å². The average Bonchev–Trinajstić information content (AvgIpc) is 2.87. The smallest absolute Gasteiger partial charge is 0.303 e. The van der Waals surface area contributed by atoms with E-state index in [2.05, 4.69) is 19.6 Å². The Hall–Kier alpha value is -1.43. The second-order valence-corrected chi connectivity index (χ2v) is 4.17. The van der Waals surface area contributed by atoms with Crippen molar-refractivity contribution in [1.29, 1.82) is 0 Å². The molecule has 0 spiro atoms. The molecule has 0 amide bonds. The van der Waals surface area contributed by atoms with Gasteiger partial charge >= 0.3 is 5.97 Å². The van der Waals surface area contributed by atoms with Crippen LogP contribution in [0.5, 0.6) is 0 Å². The van der Waals surface area contributed by atoms with E-state index >= 15 is 0 Å². The van der Waals surface area contributed by atoms with Crippen molar-refractivity contribution in [3.63, 3.8) is 0 Å². The first-order valence-electron chi connectivity index (χ1n) is 5.43. The van der Waals surface area contributed by atoms with Crippen LogP contribution in [0.25, 0.3) is 0 Å². The number of aromatic nitrogens is 2. The maximum absolute atomic E-state index is 10.4. The van der Waals surface area contributed by atoms with Gasteiger partial charge in [0, 0.05) is 13.0 Å². The average molecular weight is 225 g/mol. The molecule has 0 radical (unpaired) electrons. The number of nitrogens with zero attached hydrogens (tertiary/aromatic N) is 3. The third-order valence-electron chi connectivity index (χ3n) is 2.91. The largest absolute Gasteiger partial charge is 0.481 e.